The van der Waals surface area contributed by atoms with Crippen molar-refractivity contribution < 1.29 is 9.53 Å². The molecule has 0 aliphatic heterocycles. The summed E-state index contributed by atoms with van der Waals surface area (Å²) in [5.41, 5.74) is 2.06. The van der Waals surface area contributed by atoms with Gasteiger partial charge in [-0.3, -0.25) is 4.79 Å². The first-order chi connectivity index (χ1) is 8.27. The van der Waals surface area contributed by atoms with E-state index in [4.69, 9.17) is 4.74 Å². The summed E-state index contributed by atoms with van der Waals surface area (Å²) in [6.45, 7) is 4.18. The molecule has 1 aromatic heterocycles. The molecular formula is C13H14N2O2. The van der Waals surface area contributed by atoms with Crippen LogP contribution in [0.25, 0.3) is 5.69 Å². The highest BCUT2D eigenvalue weighted by atomic mass is 16.5. The summed E-state index contributed by atoms with van der Waals surface area (Å²) in [5.74, 6) is 0.506. The molecule has 0 aliphatic carbocycles. The minimum Gasteiger partial charge on any atom is -0.477 e. The third-order valence-corrected chi connectivity index (χ3v) is 2.46. The lowest BCUT2D eigenvalue weighted by atomic mass is 10.3. The molecule has 1 aromatic carbocycles. The van der Waals surface area contributed by atoms with Crippen LogP contribution in [0.5, 0.6) is 5.88 Å². The standard InChI is InChI=1S/C13H14N2O2/c1-3-17-13-12(9-16)10(2)14-15(13)11-7-5-4-6-8-11/h4-9H,3H2,1-2H3. The number of aldehydes is 1. The van der Waals surface area contributed by atoms with Gasteiger partial charge in [0.05, 0.1) is 23.6 Å². The van der Waals surface area contributed by atoms with E-state index in [9.17, 15) is 4.79 Å². The first kappa shape index (κ1) is 11.4. The normalized spacial score (nSPS) is 10.2. The van der Waals surface area contributed by atoms with Gasteiger partial charge in [-0.25, -0.2) is 4.68 Å². The second-order valence-corrected chi connectivity index (χ2v) is 3.60. The van der Waals surface area contributed by atoms with E-state index < -0.39 is 0 Å². The molecule has 0 amide bonds. The predicted octanol–water partition coefficient (Wildman–Crippen LogP) is 2.39. The zero-order chi connectivity index (χ0) is 12.3. The highest BCUT2D eigenvalue weighted by Crippen LogP contribution is 2.24. The van der Waals surface area contributed by atoms with Gasteiger partial charge in [0, 0.05) is 0 Å². The first-order valence-corrected chi connectivity index (χ1v) is 5.51. The Labute approximate surface area is 99.8 Å². The topological polar surface area (TPSA) is 44.1 Å². The zero-order valence-corrected chi connectivity index (χ0v) is 9.88. The van der Waals surface area contributed by atoms with E-state index in [1.54, 1.807) is 11.6 Å². The van der Waals surface area contributed by atoms with Crippen molar-refractivity contribution in [2.24, 2.45) is 0 Å². The van der Waals surface area contributed by atoms with Crippen LogP contribution in [-0.2, 0) is 0 Å². The molecule has 0 atom stereocenters. The molecule has 0 saturated heterocycles. The predicted molar refractivity (Wildman–Crippen MR) is 64.9 cm³/mol. The Bertz CT molecular complexity index is 518. The van der Waals surface area contributed by atoms with Crippen molar-refractivity contribution >= 4 is 6.29 Å². The van der Waals surface area contributed by atoms with E-state index in [1.165, 1.54) is 0 Å². The summed E-state index contributed by atoms with van der Waals surface area (Å²) >= 11 is 0. The Hall–Kier alpha value is -2.10. The lowest BCUT2D eigenvalue weighted by molar-refractivity contribution is 0.111. The highest BCUT2D eigenvalue weighted by molar-refractivity contribution is 5.80. The molecule has 0 fully saturated rings. The number of rotatable bonds is 4. The fourth-order valence-corrected chi connectivity index (χ4v) is 1.67. The van der Waals surface area contributed by atoms with Crippen molar-refractivity contribution in [3.05, 3.63) is 41.6 Å². The van der Waals surface area contributed by atoms with Crippen molar-refractivity contribution in [1.82, 2.24) is 9.78 Å². The quantitative estimate of drug-likeness (QED) is 0.757. The van der Waals surface area contributed by atoms with Gasteiger partial charge < -0.3 is 4.74 Å². The molecule has 2 rings (SSSR count). The largest absolute Gasteiger partial charge is 0.477 e. The molecule has 0 aliphatic rings. The van der Waals surface area contributed by atoms with Crippen LogP contribution >= 0.6 is 0 Å². The molecule has 17 heavy (non-hydrogen) atoms. The van der Waals surface area contributed by atoms with Gasteiger partial charge in [-0.05, 0) is 26.0 Å². The van der Waals surface area contributed by atoms with Crippen LogP contribution in [0.2, 0.25) is 0 Å². The summed E-state index contributed by atoms with van der Waals surface area (Å²) in [6, 6.07) is 9.61. The molecule has 0 saturated carbocycles. The van der Waals surface area contributed by atoms with Crippen molar-refractivity contribution in [3.63, 3.8) is 0 Å². The highest BCUT2D eigenvalue weighted by Gasteiger charge is 2.16. The number of hydrogen-bond donors (Lipinski definition) is 0. The van der Waals surface area contributed by atoms with Crippen LogP contribution in [0.3, 0.4) is 0 Å². The molecule has 4 heteroatoms. The van der Waals surface area contributed by atoms with Gasteiger partial charge in [-0.2, -0.15) is 5.10 Å². The fourth-order valence-electron chi connectivity index (χ4n) is 1.67. The number of carbonyl (C=O) groups excluding carboxylic acids is 1. The molecular weight excluding hydrogens is 216 g/mol. The van der Waals surface area contributed by atoms with Gasteiger partial charge in [-0.1, -0.05) is 18.2 Å². The van der Waals surface area contributed by atoms with E-state index in [-0.39, 0.29) is 0 Å². The maximum atomic E-state index is 11.0. The lowest BCUT2D eigenvalue weighted by Gasteiger charge is -2.07. The first-order valence-electron chi connectivity index (χ1n) is 5.51. The van der Waals surface area contributed by atoms with E-state index in [0.717, 1.165) is 12.0 Å². The second-order valence-electron chi connectivity index (χ2n) is 3.60. The average Bonchev–Trinajstić information content (AvgIpc) is 2.67. The third kappa shape index (κ3) is 2.06. The molecule has 0 spiro atoms. The number of ether oxygens (including phenoxy) is 1. The van der Waals surface area contributed by atoms with Gasteiger partial charge >= 0.3 is 0 Å². The monoisotopic (exact) mass is 230 g/mol. The van der Waals surface area contributed by atoms with Crippen LogP contribution in [0.1, 0.15) is 23.0 Å². The SMILES string of the molecule is CCOc1c(C=O)c(C)nn1-c1ccccc1. The maximum Gasteiger partial charge on any atom is 0.227 e. The number of nitrogens with zero attached hydrogens (tertiary/aromatic N) is 2. The molecule has 0 unspecified atom stereocenters. The minimum atomic E-state index is 0.499. The minimum absolute atomic E-state index is 0.499. The van der Waals surface area contributed by atoms with Crippen LogP contribution in [-0.4, -0.2) is 22.7 Å². The van der Waals surface area contributed by atoms with Crippen LogP contribution in [0.15, 0.2) is 30.3 Å². The number of benzene rings is 1. The summed E-state index contributed by atoms with van der Waals surface area (Å²) in [5, 5.41) is 4.33. The van der Waals surface area contributed by atoms with Gasteiger partial charge in [0.25, 0.3) is 0 Å². The van der Waals surface area contributed by atoms with Gasteiger partial charge in [0.2, 0.25) is 5.88 Å². The van der Waals surface area contributed by atoms with Crippen LogP contribution < -0.4 is 4.74 Å². The fraction of sp³-hybridized carbons (Fsp3) is 0.231. The Kier molecular flexibility index (Phi) is 3.23. The van der Waals surface area contributed by atoms with Crippen molar-refractivity contribution in [3.8, 4) is 11.6 Å². The van der Waals surface area contributed by atoms with E-state index in [0.29, 0.717) is 23.7 Å². The molecule has 2 aromatic rings. The number of hydrogen-bond acceptors (Lipinski definition) is 3. The molecule has 88 valence electrons. The number of para-hydroxylation sites is 1. The summed E-state index contributed by atoms with van der Waals surface area (Å²) in [7, 11) is 0. The molecule has 0 bridgehead atoms. The van der Waals surface area contributed by atoms with E-state index >= 15 is 0 Å². The van der Waals surface area contributed by atoms with Crippen molar-refractivity contribution in [2.75, 3.05) is 6.61 Å². The molecule has 0 radical (unpaired) electrons. The summed E-state index contributed by atoms with van der Waals surface area (Å²) in [4.78, 5) is 11.0. The van der Waals surface area contributed by atoms with E-state index in [2.05, 4.69) is 5.10 Å². The number of aromatic nitrogens is 2. The second kappa shape index (κ2) is 4.82. The summed E-state index contributed by atoms with van der Waals surface area (Å²) < 4.78 is 7.16. The van der Waals surface area contributed by atoms with E-state index in [1.807, 2.05) is 37.3 Å². The molecule has 0 N–H and O–H groups in total. The van der Waals surface area contributed by atoms with Gasteiger partial charge in [-0.15, -0.1) is 0 Å². The summed E-state index contributed by atoms with van der Waals surface area (Å²) in [6.07, 6.45) is 0.784. The number of aryl methyl sites for hydroxylation is 1. The maximum absolute atomic E-state index is 11.0. The smallest absolute Gasteiger partial charge is 0.227 e. The molecule has 4 nitrogen and oxygen atoms in total. The van der Waals surface area contributed by atoms with Gasteiger partial charge in [0.15, 0.2) is 6.29 Å². The Balaban J connectivity index is 2.57. The van der Waals surface area contributed by atoms with Crippen LogP contribution in [0, 0.1) is 6.92 Å². The van der Waals surface area contributed by atoms with Crippen molar-refractivity contribution in [2.45, 2.75) is 13.8 Å². The Morgan fingerprint density at radius 2 is 2.06 bits per heavy atom. The van der Waals surface area contributed by atoms with Crippen LogP contribution in [0.4, 0.5) is 0 Å². The van der Waals surface area contributed by atoms with Crippen molar-refractivity contribution in [1.29, 1.82) is 0 Å². The third-order valence-electron chi connectivity index (χ3n) is 2.46. The molecule has 1 heterocycles. The van der Waals surface area contributed by atoms with Gasteiger partial charge in [0.1, 0.15) is 0 Å². The number of carbonyl (C=O) groups is 1. The average molecular weight is 230 g/mol. The lowest BCUT2D eigenvalue weighted by Crippen LogP contribution is -2.03. The Morgan fingerprint density at radius 1 is 1.35 bits per heavy atom. The zero-order valence-electron chi connectivity index (χ0n) is 9.88. The Morgan fingerprint density at radius 3 is 2.65 bits per heavy atom.